The van der Waals surface area contributed by atoms with Crippen LogP contribution in [0, 0.1) is 11.7 Å². The smallest absolute Gasteiger partial charge is 0.200 e. The molecule has 0 aliphatic rings. The molecular formula is C16H15N3OS2. The van der Waals surface area contributed by atoms with E-state index in [0.717, 1.165) is 27.5 Å². The summed E-state index contributed by atoms with van der Waals surface area (Å²) in [5.74, 6) is 0.982. The molecular weight excluding hydrogens is 314 g/mol. The van der Waals surface area contributed by atoms with Gasteiger partial charge >= 0.3 is 0 Å². The molecule has 0 saturated heterocycles. The lowest BCUT2D eigenvalue weighted by Gasteiger charge is -2.12. The molecule has 2 N–H and O–H groups in total. The van der Waals surface area contributed by atoms with Crippen molar-refractivity contribution in [3.8, 4) is 22.8 Å². The van der Waals surface area contributed by atoms with E-state index in [1.807, 2.05) is 42.0 Å². The fraction of sp³-hybridized carbons (Fsp3) is 0.125. The Kier molecular flexibility index (Phi) is 4.04. The summed E-state index contributed by atoms with van der Waals surface area (Å²) in [4.78, 5) is 1.12. The number of hydrogen-bond donors (Lipinski definition) is 2. The minimum atomic E-state index is 0.242. The first-order chi connectivity index (χ1) is 10.6. The standard InChI is InChI=1S/C16H15N3OS2/c1-10-9-11(20)7-8-12(10)15-17-18-16(21)19(15)13-5-3-4-6-14(13)22-2/h3-9,20H,1-2H3,(H,18,21). The number of phenols is 1. The van der Waals surface area contributed by atoms with Crippen LogP contribution >= 0.6 is 24.0 Å². The Morgan fingerprint density at radius 3 is 2.73 bits per heavy atom. The second-order valence-corrected chi connectivity index (χ2v) is 6.09. The second kappa shape index (κ2) is 5.98. The van der Waals surface area contributed by atoms with Gasteiger partial charge in [0, 0.05) is 10.5 Å². The van der Waals surface area contributed by atoms with E-state index in [2.05, 4.69) is 16.3 Å². The van der Waals surface area contributed by atoms with Gasteiger partial charge in [0.2, 0.25) is 0 Å². The fourth-order valence-electron chi connectivity index (χ4n) is 2.41. The average Bonchev–Trinajstić information content (AvgIpc) is 2.88. The third kappa shape index (κ3) is 2.55. The van der Waals surface area contributed by atoms with E-state index < -0.39 is 0 Å². The van der Waals surface area contributed by atoms with E-state index >= 15 is 0 Å². The summed E-state index contributed by atoms with van der Waals surface area (Å²) in [5.41, 5.74) is 2.87. The highest BCUT2D eigenvalue weighted by molar-refractivity contribution is 7.98. The first kappa shape index (κ1) is 14.9. The van der Waals surface area contributed by atoms with Gasteiger partial charge in [-0.3, -0.25) is 9.67 Å². The molecule has 0 atom stereocenters. The van der Waals surface area contributed by atoms with Crippen LogP contribution in [-0.4, -0.2) is 26.1 Å². The molecule has 2 aromatic carbocycles. The van der Waals surface area contributed by atoms with Crippen molar-refractivity contribution >= 4 is 24.0 Å². The van der Waals surface area contributed by atoms with E-state index in [4.69, 9.17) is 12.2 Å². The summed E-state index contributed by atoms with van der Waals surface area (Å²) in [6, 6.07) is 13.3. The third-order valence-electron chi connectivity index (χ3n) is 3.45. The Morgan fingerprint density at radius 1 is 1.23 bits per heavy atom. The van der Waals surface area contributed by atoms with E-state index in [1.165, 1.54) is 0 Å². The first-order valence-corrected chi connectivity index (χ1v) is 8.36. The van der Waals surface area contributed by atoms with Gasteiger partial charge in [0.05, 0.1) is 5.69 Å². The van der Waals surface area contributed by atoms with Gasteiger partial charge in [-0.25, -0.2) is 0 Å². The lowest BCUT2D eigenvalue weighted by molar-refractivity contribution is 0.475. The minimum Gasteiger partial charge on any atom is -0.508 e. The van der Waals surface area contributed by atoms with Crippen molar-refractivity contribution in [3.63, 3.8) is 0 Å². The van der Waals surface area contributed by atoms with Crippen LogP contribution in [-0.2, 0) is 0 Å². The maximum absolute atomic E-state index is 9.60. The van der Waals surface area contributed by atoms with Gasteiger partial charge in [-0.05, 0) is 61.3 Å². The van der Waals surface area contributed by atoms with Crippen LogP contribution in [0.5, 0.6) is 5.75 Å². The van der Waals surface area contributed by atoms with Crippen LogP contribution in [0.1, 0.15) is 5.56 Å². The molecule has 0 amide bonds. The van der Waals surface area contributed by atoms with E-state index in [9.17, 15) is 5.11 Å². The van der Waals surface area contributed by atoms with E-state index in [0.29, 0.717) is 4.77 Å². The molecule has 0 bridgehead atoms. The number of aromatic hydroxyl groups is 1. The Morgan fingerprint density at radius 2 is 2.00 bits per heavy atom. The van der Waals surface area contributed by atoms with Crippen molar-refractivity contribution in [1.82, 2.24) is 14.8 Å². The Bertz CT molecular complexity index is 883. The number of hydrogen-bond acceptors (Lipinski definition) is 4. The lowest BCUT2D eigenvalue weighted by atomic mass is 10.1. The van der Waals surface area contributed by atoms with Crippen molar-refractivity contribution in [3.05, 3.63) is 52.8 Å². The zero-order chi connectivity index (χ0) is 15.7. The maximum atomic E-state index is 9.60. The highest BCUT2D eigenvalue weighted by atomic mass is 32.2. The van der Waals surface area contributed by atoms with Crippen molar-refractivity contribution in [2.75, 3.05) is 6.26 Å². The third-order valence-corrected chi connectivity index (χ3v) is 4.51. The molecule has 0 aliphatic carbocycles. The molecule has 0 spiro atoms. The Balaban J connectivity index is 2.27. The minimum absolute atomic E-state index is 0.242. The number of nitrogens with one attached hydrogen (secondary N) is 1. The fourth-order valence-corrected chi connectivity index (χ4v) is 3.23. The van der Waals surface area contributed by atoms with Crippen molar-refractivity contribution in [1.29, 1.82) is 0 Å². The summed E-state index contributed by atoms with van der Waals surface area (Å²) >= 11 is 7.08. The predicted molar refractivity (Wildman–Crippen MR) is 92.4 cm³/mol. The van der Waals surface area contributed by atoms with E-state index in [1.54, 1.807) is 23.9 Å². The van der Waals surface area contributed by atoms with Crippen LogP contribution in [0.15, 0.2) is 47.4 Å². The molecule has 0 saturated carbocycles. The molecule has 22 heavy (non-hydrogen) atoms. The number of thioether (sulfide) groups is 1. The highest BCUT2D eigenvalue weighted by Gasteiger charge is 2.15. The van der Waals surface area contributed by atoms with Crippen LogP contribution in [0.4, 0.5) is 0 Å². The molecule has 3 aromatic rings. The van der Waals surface area contributed by atoms with Gasteiger partial charge in [-0.2, -0.15) is 5.10 Å². The lowest BCUT2D eigenvalue weighted by Crippen LogP contribution is -2.00. The normalized spacial score (nSPS) is 10.8. The first-order valence-electron chi connectivity index (χ1n) is 6.72. The molecule has 112 valence electrons. The highest BCUT2D eigenvalue weighted by Crippen LogP contribution is 2.30. The molecule has 4 nitrogen and oxygen atoms in total. The quantitative estimate of drug-likeness (QED) is 0.554. The molecule has 0 aliphatic heterocycles. The molecule has 6 heteroatoms. The zero-order valence-corrected chi connectivity index (χ0v) is 13.8. The van der Waals surface area contributed by atoms with Crippen LogP contribution in [0.3, 0.4) is 0 Å². The largest absolute Gasteiger partial charge is 0.508 e. The van der Waals surface area contributed by atoms with Crippen molar-refractivity contribution in [2.45, 2.75) is 11.8 Å². The van der Waals surface area contributed by atoms with Crippen molar-refractivity contribution < 1.29 is 5.11 Å². The number of phenolic OH excluding ortho intramolecular Hbond substituents is 1. The topological polar surface area (TPSA) is 53.8 Å². The molecule has 1 heterocycles. The van der Waals surface area contributed by atoms with Gasteiger partial charge in [0.25, 0.3) is 0 Å². The summed E-state index contributed by atoms with van der Waals surface area (Å²) in [6.07, 6.45) is 2.04. The van der Waals surface area contributed by atoms with Gasteiger partial charge in [-0.15, -0.1) is 11.8 Å². The monoisotopic (exact) mass is 329 g/mol. The maximum Gasteiger partial charge on any atom is 0.200 e. The number of H-pyrrole nitrogens is 1. The average molecular weight is 329 g/mol. The van der Waals surface area contributed by atoms with E-state index in [-0.39, 0.29) is 5.75 Å². The van der Waals surface area contributed by atoms with Crippen LogP contribution in [0.25, 0.3) is 17.1 Å². The molecule has 1 aromatic heterocycles. The van der Waals surface area contributed by atoms with Crippen LogP contribution in [0.2, 0.25) is 0 Å². The molecule has 3 rings (SSSR count). The predicted octanol–water partition coefficient (Wildman–Crippen LogP) is 4.33. The van der Waals surface area contributed by atoms with Gasteiger partial charge in [0.15, 0.2) is 10.6 Å². The number of nitrogens with zero attached hydrogens (tertiary/aromatic N) is 2. The summed E-state index contributed by atoms with van der Waals surface area (Å²) in [7, 11) is 0. The SMILES string of the molecule is CSc1ccccc1-n1c(-c2ccc(O)cc2C)n[nH]c1=S. The summed E-state index contributed by atoms with van der Waals surface area (Å²) in [5, 5.41) is 16.9. The van der Waals surface area contributed by atoms with Gasteiger partial charge in [-0.1, -0.05) is 12.1 Å². The van der Waals surface area contributed by atoms with Crippen LogP contribution < -0.4 is 0 Å². The summed E-state index contributed by atoms with van der Waals surface area (Å²) in [6.45, 7) is 1.94. The number of rotatable bonds is 3. The number of aromatic amines is 1. The molecule has 0 fully saturated rings. The van der Waals surface area contributed by atoms with Crippen molar-refractivity contribution in [2.24, 2.45) is 0 Å². The van der Waals surface area contributed by atoms with Gasteiger partial charge in [0.1, 0.15) is 5.75 Å². The number of para-hydroxylation sites is 1. The molecule has 0 radical (unpaired) electrons. The Labute approximate surface area is 137 Å². The number of benzene rings is 2. The molecule has 0 unspecified atom stereocenters. The zero-order valence-electron chi connectivity index (χ0n) is 12.2. The summed E-state index contributed by atoms with van der Waals surface area (Å²) < 4.78 is 2.48. The second-order valence-electron chi connectivity index (χ2n) is 4.86. The number of aryl methyl sites for hydroxylation is 1. The van der Waals surface area contributed by atoms with Gasteiger partial charge < -0.3 is 5.11 Å². The number of aromatic nitrogens is 3. The Hall–Kier alpha value is -2.05.